The Hall–Kier alpha value is -0.910. The van der Waals surface area contributed by atoms with Gasteiger partial charge >= 0.3 is 0 Å². The van der Waals surface area contributed by atoms with Crippen LogP contribution < -0.4 is 10.2 Å². The molecule has 2 atom stereocenters. The van der Waals surface area contributed by atoms with Gasteiger partial charge in [0.2, 0.25) is 0 Å². The van der Waals surface area contributed by atoms with Crippen LogP contribution in [0.2, 0.25) is 0 Å². The molecule has 1 heterocycles. The number of aliphatic hydroxyl groups excluding tert-OH is 1. The molecular weight excluding hydrogens is 258 g/mol. The maximum Gasteiger partial charge on any atom is 0.185 e. The van der Waals surface area contributed by atoms with Crippen molar-refractivity contribution in [2.75, 3.05) is 24.6 Å². The average molecular weight is 281 g/mol. The van der Waals surface area contributed by atoms with Gasteiger partial charge < -0.3 is 15.3 Å². The van der Waals surface area contributed by atoms with Gasteiger partial charge in [-0.1, -0.05) is 12.2 Å². The molecule has 0 radical (unpaired) electrons. The van der Waals surface area contributed by atoms with Crippen LogP contribution in [0.15, 0.2) is 18.3 Å². The third-order valence-corrected chi connectivity index (χ3v) is 4.58. The topological polar surface area (TPSA) is 48.4 Å². The summed E-state index contributed by atoms with van der Waals surface area (Å²) in [5.41, 5.74) is 0. The molecule has 106 valence electrons. The Kier molecular flexibility index (Phi) is 5.36. The van der Waals surface area contributed by atoms with Crippen LogP contribution in [0.25, 0.3) is 0 Å². The van der Waals surface area contributed by atoms with E-state index in [0.29, 0.717) is 12.0 Å². The molecule has 2 rings (SSSR count). The molecule has 0 aliphatic heterocycles. The first-order valence-corrected chi connectivity index (χ1v) is 7.80. The van der Waals surface area contributed by atoms with E-state index < -0.39 is 0 Å². The van der Waals surface area contributed by atoms with Crippen molar-refractivity contribution in [3.05, 3.63) is 23.2 Å². The van der Waals surface area contributed by atoms with Crippen molar-refractivity contribution in [2.45, 2.75) is 32.9 Å². The molecule has 1 aliphatic rings. The number of hydrogen-bond donors (Lipinski definition) is 2. The predicted molar refractivity (Wildman–Crippen MR) is 80.6 cm³/mol. The van der Waals surface area contributed by atoms with Crippen molar-refractivity contribution in [3.8, 4) is 0 Å². The van der Waals surface area contributed by atoms with Crippen LogP contribution in [0, 0.1) is 5.92 Å². The number of thiazole rings is 1. The number of hydrogen-bond acceptors (Lipinski definition) is 5. The van der Waals surface area contributed by atoms with E-state index in [0.717, 1.165) is 31.2 Å². The average Bonchev–Trinajstić information content (AvgIpc) is 3.06. The molecule has 0 fully saturated rings. The maximum absolute atomic E-state index is 9.10. The van der Waals surface area contributed by atoms with Gasteiger partial charge in [0, 0.05) is 49.3 Å². The molecular formula is C14H23N3OS. The Labute approximate surface area is 119 Å². The minimum absolute atomic E-state index is 0.251. The molecule has 19 heavy (non-hydrogen) atoms. The highest BCUT2D eigenvalue weighted by Crippen LogP contribution is 2.23. The van der Waals surface area contributed by atoms with Crippen molar-refractivity contribution in [2.24, 2.45) is 5.92 Å². The lowest BCUT2D eigenvalue weighted by molar-refractivity contribution is 0.246. The normalized spacial score (nSPS) is 22.1. The minimum Gasteiger partial charge on any atom is -0.396 e. The smallest absolute Gasteiger partial charge is 0.185 e. The second-order valence-electron chi connectivity index (χ2n) is 4.83. The van der Waals surface area contributed by atoms with Crippen LogP contribution in [0.4, 0.5) is 5.13 Å². The molecule has 1 aromatic heterocycles. The van der Waals surface area contributed by atoms with Crippen LogP contribution in [0.1, 0.15) is 25.1 Å². The molecule has 0 saturated carbocycles. The van der Waals surface area contributed by atoms with Gasteiger partial charge in [0.1, 0.15) is 0 Å². The van der Waals surface area contributed by atoms with Gasteiger partial charge in [-0.05, 0) is 20.3 Å². The zero-order valence-electron chi connectivity index (χ0n) is 11.7. The van der Waals surface area contributed by atoms with Gasteiger partial charge in [-0.15, -0.1) is 11.3 Å². The Morgan fingerprint density at radius 2 is 2.21 bits per heavy atom. The third kappa shape index (κ3) is 3.78. The van der Waals surface area contributed by atoms with Gasteiger partial charge in [-0.25, -0.2) is 4.98 Å². The molecule has 1 aromatic rings. The molecule has 0 aromatic carbocycles. The number of nitrogens with zero attached hydrogens (tertiary/aromatic N) is 2. The first-order chi connectivity index (χ1) is 9.26. The van der Waals surface area contributed by atoms with Crippen molar-refractivity contribution >= 4 is 16.5 Å². The number of aliphatic hydroxyl groups is 1. The van der Waals surface area contributed by atoms with Crippen LogP contribution >= 0.6 is 11.3 Å². The third-order valence-electron chi connectivity index (χ3n) is 3.52. The fourth-order valence-electron chi connectivity index (χ4n) is 2.31. The summed E-state index contributed by atoms with van der Waals surface area (Å²) in [6.07, 6.45) is 7.23. The highest BCUT2D eigenvalue weighted by atomic mass is 32.1. The molecule has 4 nitrogen and oxygen atoms in total. The van der Waals surface area contributed by atoms with E-state index in [1.54, 1.807) is 11.3 Å². The Morgan fingerprint density at radius 1 is 1.42 bits per heavy atom. The summed E-state index contributed by atoms with van der Waals surface area (Å²) < 4.78 is 0. The summed E-state index contributed by atoms with van der Waals surface area (Å²) >= 11 is 1.76. The first kappa shape index (κ1) is 14.5. The predicted octanol–water partition coefficient (Wildman–Crippen LogP) is 2.02. The molecule has 0 saturated heterocycles. The second kappa shape index (κ2) is 7.03. The van der Waals surface area contributed by atoms with Crippen LogP contribution in [0.3, 0.4) is 0 Å². The molecule has 0 unspecified atom stereocenters. The fourth-order valence-corrected chi connectivity index (χ4v) is 3.30. The summed E-state index contributed by atoms with van der Waals surface area (Å²) in [5.74, 6) is 0.324. The monoisotopic (exact) mass is 281 g/mol. The Balaban J connectivity index is 1.82. The van der Waals surface area contributed by atoms with E-state index in [-0.39, 0.29) is 6.61 Å². The van der Waals surface area contributed by atoms with Gasteiger partial charge in [0.25, 0.3) is 0 Å². The molecule has 0 bridgehead atoms. The summed E-state index contributed by atoms with van der Waals surface area (Å²) in [5, 5.41) is 13.7. The highest BCUT2D eigenvalue weighted by molar-refractivity contribution is 7.15. The molecule has 1 aliphatic carbocycles. The zero-order chi connectivity index (χ0) is 13.7. The van der Waals surface area contributed by atoms with Crippen molar-refractivity contribution < 1.29 is 5.11 Å². The van der Waals surface area contributed by atoms with Crippen LogP contribution in [0.5, 0.6) is 0 Å². The standard InChI is InChI=1S/C14H23N3OS/c1-3-17(4-2)14-16-9-13(19-14)8-15-12-6-5-11(7-12)10-18/h5-6,9,11-12,15,18H,3-4,7-8,10H2,1-2H3/t11-,12+/m0/s1. The molecule has 0 spiro atoms. The van der Waals surface area contributed by atoms with Crippen LogP contribution in [-0.2, 0) is 6.54 Å². The number of rotatable bonds is 7. The SMILES string of the molecule is CCN(CC)c1ncc(CN[C@@H]2C=C[C@H](CO)C2)s1. The lowest BCUT2D eigenvalue weighted by Crippen LogP contribution is -2.25. The van der Waals surface area contributed by atoms with E-state index >= 15 is 0 Å². The lowest BCUT2D eigenvalue weighted by Gasteiger charge is -2.16. The quantitative estimate of drug-likeness (QED) is 0.751. The van der Waals surface area contributed by atoms with Crippen LogP contribution in [-0.4, -0.2) is 35.8 Å². The fraction of sp³-hybridized carbons (Fsp3) is 0.643. The molecule has 5 heteroatoms. The summed E-state index contributed by atoms with van der Waals surface area (Å²) in [6, 6.07) is 0.385. The number of nitrogens with one attached hydrogen (secondary N) is 1. The second-order valence-corrected chi connectivity index (χ2v) is 5.93. The van der Waals surface area contributed by atoms with E-state index in [9.17, 15) is 0 Å². The summed E-state index contributed by atoms with van der Waals surface area (Å²) in [6.45, 7) is 7.41. The maximum atomic E-state index is 9.10. The van der Waals surface area contributed by atoms with Crippen molar-refractivity contribution in [1.29, 1.82) is 0 Å². The minimum atomic E-state index is 0.251. The van der Waals surface area contributed by atoms with Crippen molar-refractivity contribution in [3.63, 3.8) is 0 Å². The number of aromatic nitrogens is 1. The molecule has 0 amide bonds. The van der Waals surface area contributed by atoms with E-state index in [4.69, 9.17) is 5.11 Å². The Morgan fingerprint density at radius 3 is 2.84 bits per heavy atom. The van der Waals surface area contributed by atoms with Gasteiger partial charge in [-0.2, -0.15) is 0 Å². The highest BCUT2D eigenvalue weighted by Gasteiger charge is 2.17. The van der Waals surface area contributed by atoms with E-state index in [1.165, 1.54) is 4.88 Å². The van der Waals surface area contributed by atoms with Crippen molar-refractivity contribution in [1.82, 2.24) is 10.3 Å². The Bertz CT molecular complexity index is 415. The van der Waals surface area contributed by atoms with Gasteiger partial charge in [-0.3, -0.25) is 0 Å². The number of anilines is 1. The molecule has 2 N–H and O–H groups in total. The zero-order valence-corrected chi connectivity index (χ0v) is 12.5. The van der Waals surface area contributed by atoms with E-state index in [2.05, 4.69) is 41.2 Å². The summed E-state index contributed by atoms with van der Waals surface area (Å²) in [7, 11) is 0. The lowest BCUT2D eigenvalue weighted by atomic mass is 10.1. The summed E-state index contributed by atoms with van der Waals surface area (Å²) in [4.78, 5) is 8.02. The van der Waals surface area contributed by atoms with Gasteiger partial charge in [0.15, 0.2) is 5.13 Å². The van der Waals surface area contributed by atoms with E-state index in [1.807, 2.05) is 6.20 Å². The largest absolute Gasteiger partial charge is 0.396 e. The van der Waals surface area contributed by atoms with Gasteiger partial charge in [0.05, 0.1) is 0 Å². The first-order valence-electron chi connectivity index (χ1n) is 6.99.